The van der Waals surface area contributed by atoms with Crippen LogP contribution in [0.3, 0.4) is 0 Å². The summed E-state index contributed by atoms with van der Waals surface area (Å²) in [6.07, 6.45) is 0. The summed E-state index contributed by atoms with van der Waals surface area (Å²) in [6.45, 7) is 5.98. The molecule has 2 amide bonds. The van der Waals surface area contributed by atoms with Crippen LogP contribution in [0.4, 0.5) is 0 Å². The molecule has 4 N–H and O–H groups in total. The van der Waals surface area contributed by atoms with Crippen molar-refractivity contribution in [2.45, 2.75) is 44.6 Å². The molecule has 20 heavy (non-hydrogen) atoms. The molecule has 0 unspecified atom stereocenters. The summed E-state index contributed by atoms with van der Waals surface area (Å²) in [5.41, 5.74) is 4.41. The topological polar surface area (TPSA) is 119 Å². The zero-order chi connectivity index (χ0) is 15.9. The number of rotatable bonds is 7. The van der Waals surface area contributed by atoms with Gasteiger partial charge in [-0.05, 0) is 20.8 Å². The smallest absolute Gasteiger partial charge is 0.330 e. The lowest BCUT2D eigenvalue weighted by atomic mass is 10.2. The Bertz CT molecular complexity index is 367. The number of primary amides is 1. The number of carbonyl (C=O) groups excluding carboxylic acids is 3. The van der Waals surface area contributed by atoms with Crippen molar-refractivity contribution < 1.29 is 24.2 Å². The van der Waals surface area contributed by atoms with E-state index in [4.69, 9.17) is 15.6 Å². The second-order valence-corrected chi connectivity index (χ2v) is 6.43. The first-order valence-corrected chi connectivity index (χ1v) is 7.13. The van der Waals surface area contributed by atoms with Crippen LogP contribution in [0.1, 0.15) is 27.7 Å². The molecule has 0 spiro atoms. The Morgan fingerprint density at radius 3 is 2.25 bits per heavy atom. The van der Waals surface area contributed by atoms with E-state index in [1.165, 1.54) is 6.92 Å². The van der Waals surface area contributed by atoms with E-state index in [1.54, 1.807) is 20.8 Å². The molecule has 2 atom stereocenters. The second-order valence-electron chi connectivity index (χ2n) is 5.19. The van der Waals surface area contributed by atoms with Gasteiger partial charge in [0.1, 0.15) is 16.9 Å². The van der Waals surface area contributed by atoms with Gasteiger partial charge in [-0.15, -0.1) is 11.8 Å². The Morgan fingerprint density at radius 2 is 1.90 bits per heavy atom. The van der Waals surface area contributed by atoms with Gasteiger partial charge >= 0.3 is 5.97 Å². The van der Waals surface area contributed by atoms with Crippen LogP contribution in [0.5, 0.6) is 0 Å². The molecule has 0 fully saturated rings. The third-order valence-electron chi connectivity index (χ3n) is 2.02. The highest BCUT2D eigenvalue weighted by Gasteiger charge is 2.27. The number of aliphatic hydroxyl groups excluding tert-OH is 1. The van der Waals surface area contributed by atoms with Crippen molar-refractivity contribution in [3.63, 3.8) is 0 Å². The number of aliphatic hydroxyl groups is 1. The number of thioether (sulfide) groups is 1. The van der Waals surface area contributed by atoms with E-state index in [0.717, 1.165) is 11.8 Å². The van der Waals surface area contributed by atoms with Crippen LogP contribution >= 0.6 is 11.8 Å². The van der Waals surface area contributed by atoms with Gasteiger partial charge in [-0.3, -0.25) is 9.59 Å². The van der Waals surface area contributed by atoms with E-state index < -0.39 is 35.4 Å². The quantitative estimate of drug-likeness (QED) is 0.541. The molecule has 116 valence electrons. The Balaban J connectivity index is 4.68. The minimum absolute atomic E-state index is 0.0860. The van der Waals surface area contributed by atoms with Crippen molar-refractivity contribution in [2.24, 2.45) is 5.73 Å². The predicted molar refractivity (Wildman–Crippen MR) is 76.0 cm³/mol. The number of hydrogen-bond donors (Lipinski definition) is 3. The lowest BCUT2D eigenvalue weighted by Crippen LogP contribution is -2.45. The fourth-order valence-corrected chi connectivity index (χ4v) is 2.14. The third-order valence-corrected chi connectivity index (χ3v) is 3.33. The minimum Gasteiger partial charge on any atom is -0.458 e. The summed E-state index contributed by atoms with van der Waals surface area (Å²) < 4.78 is 5.18. The van der Waals surface area contributed by atoms with Gasteiger partial charge in [-0.25, -0.2) is 4.79 Å². The van der Waals surface area contributed by atoms with Gasteiger partial charge in [0.2, 0.25) is 11.8 Å². The average Bonchev–Trinajstić information content (AvgIpc) is 2.24. The molecule has 0 aromatic carbocycles. The van der Waals surface area contributed by atoms with Crippen LogP contribution in [-0.2, 0) is 19.1 Å². The highest BCUT2D eigenvalue weighted by Crippen LogP contribution is 2.15. The Kier molecular flexibility index (Phi) is 7.59. The standard InChI is InChI=1S/C12H22N2O5S/c1-7(16)14-8(11(18)19-12(2,3)4)6-20-9(5-15)10(13)17/h8-9,15H,5-6H2,1-4H3,(H2,13,17)(H,14,16)/t8-,9+/m1/s1. The maximum atomic E-state index is 11.9. The molecule has 0 rings (SSSR count). The van der Waals surface area contributed by atoms with Gasteiger partial charge in [0, 0.05) is 12.7 Å². The van der Waals surface area contributed by atoms with Gasteiger partial charge in [0.15, 0.2) is 0 Å². The summed E-state index contributed by atoms with van der Waals surface area (Å²) in [7, 11) is 0. The summed E-state index contributed by atoms with van der Waals surface area (Å²) in [5.74, 6) is -1.58. The van der Waals surface area contributed by atoms with E-state index in [0.29, 0.717) is 0 Å². The Labute approximate surface area is 122 Å². The summed E-state index contributed by atoms with van der Waals surface area (Å²) >= 11 is 0.994. The lowest BCUT2D eigenvalue weighted by Gasteiger charge is -2.24. The molecule has 0 aromatic rings. The Hall–Kier alpha value is -1.28. The van der Waals surface area contributed by atoms with E-state index in [1.807, 2.05) is 0 Å². The van der Waals surface area contributed by atoms with Crippen LogP contribution in [0, 0.1) is 0 Å². The largest absolute Gasteiger partial charge is 0.458 e. The molecule has 0 aliphatic carbocycles. The fourth-order valence-electron chi connectivity index (χ4n) is 1.22. The summed E-state index contributed by atoms with van der Waals surface area (Å²) in [6, 6.07) is -0.898. The number of nitrogens with two attached hydrogens (primary N) is 1. The molecular weight excluding hydrogens is 284 g/mol. The van der Waals surface area contributed by atoms with Crippen LogP contribution in [0.15, 0.2) is 0 Å². The van der Waals surface area contributed by atoms with Crippen molar-refractivity contribution >= 4 is 29.5 Å². The molecular formula is C12H22N2O5S. The fraction of sp³-hybridized carbons (Fsp3) is 0.750. The van der Waals surface area contributed by atoms with Crippen LogP contribution < -0.4 is 11.1 Å². The second kappa shape index (κ2) is 8.11. The predicted octanol–water partition coefficient (Wildman–Crippen LogP) is -0.588. The summed E-state index contributed by atoms with van der Waals surface area (Å²) in [4.78, 5) is 34.0. The van der Waals surface area contributed by atoms with Crippen LogP contribution in [0.2, 0.25) is 0 Å². The molecule has 0 radical (unpaired) electrons. The van der Waals surface area contributed by atoms with Crippen molar-refractivity contribution in [1.82, 2.24) is 5.32 Å². The van der Waals surface area contributed by atoms with Crippen LogP contribution in [-0.4, -0.2) is 52.1 Å². The number of ether oxygens (including phenoxy) is 1. The zero-order valence-electron chi connectivity index (χ0n) is 12.1. The molecule has 0 aliphatic rings. The van der Waals surface area contributed by atoms with E-state index in [9.17, 15) is 14.4 Å². The first-order chi connectivity index (χ1) is 9.06. The molecule has 0 saturated heterocycles. The van der Waals surface area contributed by atoms with Crippen molar-refractivity contribution in [3.8, 4) is 0 Å². The first kappa shape index (κ1) is 18.7. The molecule has 0 aliphatic heterocycles. The molecule has 0 heterocycles. The SMILES string of the molecule is CC(=O)N[C@H](CS[C@@H](CO)C(N)=O)C(=O)OC(C)(C)C. The number of esters is 1. The van der Waals surface area contributed by atoms with E-state index in [-0.39, 0.29) is 11.7 Å². The highest BCUT2D eigenvalue weighted by atomic mass is 32.2. The average molecular weight is 306 g/mol. The maximum absolute atomic E-state index is 11.9. The van der Waals surface area contributed by atoms with E-state index in [2.05, 4.69) is 5.32 Å². The van der Waals surface area contributed by atoms with Gasteiger partial charge < -0.3 is 20.9 Å². The minimum atomic E-state index is -0.898. The number of carbonyl (C=O) groups is 3. The normalized spacial score (nSPS) is 14.2. The van der Waals surface area contributed by atoms with E-state index >= 15 is 0 Å². The lowest BCUT2D eigenvalue weighted by molar-refractivity contribution is -0.157. The third kappa shape index (κ3) is 8.00. The van der Waals surface area contributed by atoms with Crippen molar-refractivity contribution in [3.05, 3.63) is 0 Å². The van der Waals surface area contributed by atoms with Gasteiger partial charge in [0.05, 0.1) is 6.61 Å². The van der Waals surface area contributed by atoms with Gasteiger partial charge in [0.25, 0.3) is 0 Å². The van der Waals surface area contributed by atoms with Gasteiger partial charge in [-0.2, -0.15) is 0 Å². The van der Waals surface area contributed by atoms with Gasteiger partial charge in [-0.1, -0.05) is 0 Å². The maximum Gasteiger partial charge on any atom is 0.330 e. The molecule has 0 aromatic heterocycles. The highest BCUT2D eigenvalue weighted by molar-refractivity contribution is 8.00. The Morgan fingerprint density at radius 1 is 1.35 bits per heavy atom. The molecule has 7 nitrogen and oxygen atoms in total. The molecule has 0 saturated carbocycles. The molecule has 0 bridgehead atoms. The number of amides is 2. The first-order valence-electron chi connectivity index (χ1n) is 6.08. The number of hydrogen-bond acceptors (Lipinski definition) is 6. The molecule has 8 heteroatoms. The van der Waals surface area contributed by atoms with Crippen LogP contribution in [0.25, 0.3) is 0 Å². The monoisotopic (exact) mass is 306 g/mol. The zero-order valence-corrected chi connectivity index (χ0v) is 13.0. The summed E-state index contributed by atoms with van der Waals surface area (Å²) in [5, 5.41) is 10.6. The van der Waals surface area contributed by atoms with Crippen molar-refractivity contribution in [2.75, 3.05) is 12.4 Å². The number of nitrogens with one attached hydrogen (secondary N) is 1. The van der Waals surface area contributed by atoms with Crippen molar-refractivity contribution in [1.29, 1.82) is 0 Å².